The zero-order valence-corrected chi connectivity index (χ0v) is 10.3. The van der Waals surface area contributed by atoms with Crippen LogP contribution >= 0.6 is 11.6 Å². The van der Waals surface area contributed by atoms with E-state index >= 15 is 0 Å². The predicted octanol–water partition coefficient (Wildman–Crippen LogP) is 2.91. The summed E-state index contributed by atoms with van der Waals surface area (Å²) >= 11 is 5.71. The molecule has 1 rings (SSSR count). The van der Waals surface area contributed by atoms with E-state index in [9.17, 15) is 0 Å². The minimum atomic E-state index is -0.836. The average molecular weight is 243 g/mol. The molecule has 1 aromatic heterocycles. The van der Waals surface area contributed by atoms with Gasteiger partial charge in [0.05, 0.1) is 11.6 Å². The van der Waals surface area contributed by atoms with Crippen molar-refractivity contribution in [3.63, 3.8) is 0 Å². The Labute approximate surface area is 100 Å². The maximum atomic E-state index is 7.68. The second-order valence-corrected chi connectivity index (χ2v) is 4.13. The van der Waals surface area contributed by atoms with Crippen molar-refractivity contribution in [2.24, 2.45) is 0 Å². The Morgan fingerprint density at radius 2 is 2.19 bits per heavy atom. The molecule has 0 aliphatic heterocycles. The van der Waals surface area contributed by atoms with Crippen molar-refractivity contribution in [2.45, 2.75) is 26.4 Å². The molecule has 0 spiro atoms. The Kier molecular flexibility index (Phi) is 4.12. The second-order valence-electron chi connectivity index (χ2n) is 3.69. The van der Waals surface area contributed by atoms with Crippen molar-refractivity contribution >= 4 is 17.5 Å². The quantitative estimate of drug-likeness (QED) is 0.652. The fourth-order valence-electron chi connectivity index (χ4n) is 1.05. The van der Waals surface area contributed by atoms with Gasteiger partial charge in [-0.25, -0.2) is 4.98 Å². The molecule has 4 nitrogen and oxygen atoms in total. The van der Waals surface area contributed by atoms with Crippen LogP contribution in [-0.4, -0.2) is 23.1 Å². The number of hydrogen-bond acceptors (Lipinski definition) is 4. The molecule has 1 heterocycles. The van der Waals surface area contributed by atoms with Gasteiger partial charge in [0.1, 0.15) is 0 Å². The predicted molar refractivity (Wildman–Crippen MR) is 63.3 cm³/mol. The standard InChI is InChI=1S/C11H15ClN2O2/c1-4-15-10(13)11(2,3)16-9-6-5-8(12)7-14-9/h5-7,13H,4H2,1-3H3. The zero-order valence-electron chi connectivity index (χ0n) is 9.58. The van der Waals surface area contributed by atoms with E-state index in [0.29, 0.717) is 17.5 Å². The fourth-order valence-corrected chi connectivity index (χ4v) is 1.16. The van der Waals surface area contributed by atoms with Gasteiger partial charge in [0, 0.05) is 12.3 Å². The van der Waals surface area contributed by atoms with Crippen LogP contribution in [0.5, 0.6) is 5.88 Å². The van der Waals surface area contributed by atoms with Crippen molar-refractivity contribution in [3.05, 3.63) is 23.4 Å². The van der Waals surface area contributed by atoms with Crippen LogP contribution in [0.1, 0.15) is 20.8 Å². The topological polar surface area (TPSA) is 55.2 Å². The Morgan fingerprint density at radius 3 is 2.69 bits per heavy atom. The third-order valence-corrected chi connectivity index (χ3v) is 2.12. The normalized spacial score (nSPS) is 11.0. The van der Waals surface area contributed by atoms with Crippen LogP contribution in [0.3, 0.4) is 0 Å². The largest absolute Gasteiger partial charge is 0.479 e. The summed E-state index contributed by atoms with van der Waals surface area (Å²) in [5, 5.41) is 8.23. The molecule has 0 saturated carbocycles. The molecule has 1 aromatic rings. The number of ether oxygens (including phenoxy) is 2. The first kappa shape index (κ1) is 12.8. The third kappa shape index (κ3) is 3.38. The van der Waals surface area contributed by atoms with Gasteiger partial charge in [-0.15, -0.1) is 0 Å². The lowest BCUT2D eigenvalue weighted by atomic mass is 10.1. The van der Waals surface area contributed by atoms with E-state index in [2.05, 4.69) is 4.98 Å². The monoisotopic (exact) mass is 242 g/mol. The van der Waals surface area contributed by atoms with Crippen molar-refractivity contribution in [2.75, 3.05) is 6.61 Å². The highest BCUT2D eigenvalue weighted by Crippen LogP contribution is 2.18. The highest BCUT2D eigenvalue weighted by Gasteiger charge is 2.28. The van der Waals surface area contributed by atoms with Crippen molar-refractivity contribution in [1.82, 2.24) is 4.98 Å². The summed E-state index contributed by atoms with van der Waals surface area (Å²) in [5.74, 6) is 0.491. The van der Waals surface area contributed by atoms with Crippen LogP contribution < -0.4 is 4.74 Å². The van der Waals surface area contributed by atoms with Crippen molar-refractivity contribution in [1.29, 1.82) is 5.41 Å². The summed E-state index contributed by atoms with van der Waals surface area (Å²) in [6, 6.07) is 3.34. The Hall–Kier alpha value is -1.29. The molecular formula is C11H15ClN2O2. The van der Waals surface area contributed by atoms with Gasteiger partial charge in [0.25, 0.3) is 0 Å². The molecule has 5 heteroatoms. The van der Waals surface area contributed by atoms with E-state index in [1.807, 2.05) is 6.92 Å². The molecular weight excluding hydrogens is 228 g/mol. The van der Waals surface area contributed by atoms with Gasteiger partial charge < -0.3 is 9.47 Å². The lowest BCUT2D eigenvalue weighted by Gasteiger charge is -2.25. The molecule has 0 aromatic carbocycles. The maximum Gasteiger partial charge on any atom is 0.225 e. The van der Waals surface area contributed by atoms with E-state index < -0.39 is 5.60 Å². The van der Waals surface area contributed by atoms with Gasteiger partial charge >= 0.3 is 0 Å². The fraction of sp³-hybridized carbons (Fsp3) is 0.455. The highest BCUT2D eigenvalue weighted by atomic mass is 35.5. The van der Waals surface area contributed by atoms with Crippen molar-refractivity contribution in [3.8, 4) is 5.88 Å². The number of nitrogens with zero attached hydrogens (tertiary/aromatic N) is 1. The first-order valence-corrected chi connectivity index (χ1v) is 5.36. The van der Waals surface area contributed by atoms with Crippen LogP contribution in [0.25, 0.3) is 0 Å². The SMILES string of the molecule is CCOC(=N)C(C)(C)Oc1ccc(Cl)cn1. The van der Waals surface area contributed by atoms with Gasteiger partial charge in [-0.3, -0.25) is 5.41 Å². The van der Waals surface area contributed by atoms with Crippen molar-refractivity contribution < 1.29 is 9.47 Å². The molecule has 0 radical (unpaired) electrons. The lowest BCUT2D eigenvalue weighted by Crippen LogP contribution is -2.39. The number of nitrogens with one attached hydrogen (secondary N) is 1. The van der Waals surface area contributed by atoms with Crippen LogP contribution in [-0.2, 0) is 4.74 Å². The lowest BCUT2D eigenvalue weighted by molar-refractivity contribution is 0.132. The van der Waals surface area contributed by atoms with E-state index in [1.54, 1.807) is 26.0 Å². The highest BCUT2D eigenvalue weighted by molar-refractivity contribution is 6.30. The maximum absolute atomic E-state index is 7.68. The Bertz CT molecular complexity index is 363. The molecule has 0 atom stereocenters. The van der Waals surface area contributed by atoms with E-state index in [1.165, 1.54) is 6.20 Å². The number of halogens is 1. The van der Waals surface area contributed by atoms with E-state index in [4.69, 9.17) is 26.5 Å². The molecule has 0 aliphatic rings. The van der Waals surface area contributed by atoms with E-state index in [-0.39, 0.29) is 5.90 Å². The minimum Gasteiger partial charge on any atom is -0.479 e. The van der Waals surface area contributed by atoms with Gasteiger partial charge in [0.2, 0.25) is 11.8 Å². The Balaban J connectivity index is 2.72. The summed E-state index contributed by atoms with van der Waals surface area (Å²) in [4.78, 5) is 4.00. The van der Waals surface area contributed by atoms with Crippen LogP contribution in [0, 0.1) is 5.41 Å². The number of hydrogen-bond donors (Lipinski definition) is 1. The van der Waals surface area contributed by atoms with Gasteiger partial charge in [-0.05, 0) is 26.8 Å². The molecule has 0 bridgehead atoms. The van der Waals surface area contributed by atoms with E-state index in [0.717, 1.165) is 0 Å². The van der Waals surface area contributed by atoms with Gasteiger partial charge in [0.15, 0.2) is 5.60 Å². The number of pyridine rings is 1. The molecule has 0 unspecified atom stereocenters. The summed E-state index contributed by atoms with van der Waals surface area (Å²) in [6.07, 6.45) is 1.50. The van der Waals surface area contributed by atoms with Crippen LogP contribution in [0.2, 0.25) is 5.02 Å². The summed E-state index contributed by atoms with van der Waals surface area (Å²) in [6.45, 7) is 5.77. The smallest absolute Gasteiger partial charge is 0.225 e. The Morgan fingerprint density at radius 1 is 1.50 bits per heavy atom. The average Bonchev–Trinajstić information content (AvgIpc) is 2.21. The number of rotatable bonds is 4. The summed E-state index contributed by atoms with van der Waals surface area (Å²) < 4.78 is 10.7. The summed E-state index contributed by atoms with van der Waals surface area (Å²) in [7, 11) is 0. The van der Waals surface area contributed by atoms with Crippen LogP contribution in [0.15, 0.2) is 18.3 Å². The molecule has 0 fully saturated rings. The first-order valence-electron chi connectivity index (χ1n) is 4.98. The zero-order chi connectivity index (χ0) is 12.2. The first-order chi connectivity index (χ1) is 7.45. The van der Waals surface area contributed by atoms with Gasteiger partial charge in [-0.2, -0.15) is 0 Å². The molecule has 0 amide bonds. The number of aromatic nitrogens is 1. The molecule has 0 saturated heterocycles. The third-order valence-electron chi connectivity index (χ3n) is 1.90. The molecule has 88 valence electrons. The van der Waals surface area contributed by atoms with Crippen LogP contribution in [0.4, 0.5) is 0 Å². The summed E-state index contributed by atoms with van der Waals surface area (Å²) in [5.41, 5.74) is -0.836. The second kappa shape index (κ2) is 5.16. The molecule has 16 heavy (non-hydrogen) atoms. The van der Waals surface area contributed by atoms with Gasteiger partial charge in [-0.1, -0.05) is 11.6 Å². The molecule has 1 N–H and O–H groups in total. The minimum absolute atomic E-state index is 0.0757. The molecule has 0 aliphatic carbocycles.